The fourth-order valence-corrected chi connectivity index (χ4v) is 4.18. The highest BCUT2D eigenvalue weighted by Gasteiger charge is 2.48. The molecule has 0 radical (unpaired) electrons. The highest BCUT2D eigenvalue weighted by Crippen LogP contribution is 2.47. The van der Waals surface area contributed by atoms with E-state index in [1.54, 1.807) is 0 Å². The molecule has 1 heterocycles. The number of nitrogens with zero attached hydrogens (tertiary/aromatic N) is 1. The summed E-state index contributed by atoms with van der Waals surface area (Å²) in [5.41, 5.74) is 2.37. The predicted octanol–water partition coefficient (Wildman–Crippen LogP) is 3.70. The molecule has 4 heteroatoms. The van der Waals surface area contributed by atoms with Gasteiger partial charge in [0.25, 0.3) is 0 Å². The number of Topliss-reactive ketones (excluding diaryl/α,β-unsaturated/α-hetero) is 1. The number of ketones is 1. The smallest absolute Gasteiger partial charge is 0.336 e. The summed E-state index contributed by atoms with van der Waals surface area (Å²) in [6.07, 6.45) is 4.77. The zero-order valence-corrected chi connectivity index (χ0v) is 14.6. The zero-order chi connectivity index (χ0) is 16.8. The van der Waals surface area contributed by atoms with E-state index in [-0.39, 0.29) is 29.0 Å². The molecule has 2 fully saturated rings. The van der Waals surface area contributed by atoms with E-state index >= 15 is 0 Å². The molecule has 0 bridgehead atoms. The summed E-state index contributed by atoms with van der Waals surface area (Å²) in [6.45, 7) is 8.31. The van der Waals surface area contributed by atoms with Crippen LogP contribution in [0.4, 0.5) is 0 Å². The number of carbonyl (C=O) groups is 2. The highest BCUT2D eigenvalue weighted by molar-refractivity contribution is 6.11. The summed E-state index contributed by atoms with van der Waals surface area (Å²) >= 11 is 0. The minimum atomic E-state index is -0.281. The SMILES string of the molecule is CCOC(=O)C1=C(C)N=C2CC(C)(C)CC(=O)C2C1CC1CC1. The third-order valence-electron chi connectivity index (χ3n) is 5.27. The van der Waals surface area contributed by atoms with E-state index in [1.165, 1.54) is 12.8 Å². The third kappa shape index (κ3) is 3.26. The first-order valence-electron chi connectivity index (χ1n) is 8.80. The van der Waals surface area contributed by atoms with Gasteiger partial charge >= 0.3 is 5.97 Å². The lowest BCUT2D eigenvalue weighted by Crippen LogP contribution is -2.45. The van der Waals surface area contributed by atoms with Gasteiger partial charge in [0.05, 0.1) is 18.1 Å². The van der Waals surface area contributed by atoms with E-state index in [0.29, 0.717) is 24.5 Å². The van der Waals surface area contributed by atoms with Crippen LogP contribution in [0.2, 0.25) is 0 Å². The Balaban J connectivity index is 2.00. The van der Waals surface area contributed by atoms with E-state index in [0.717, 1.165) is 24.3 Å². The van der Waals surface area contributed by atoms with Gasteiger partial charge in [-0.1, -0.05) is 26.7 Å². The van der Waals surface area contributed by atoms with Gasteiger partial charge in [-0.15, -0.1) is 0 Å². The normalized spacial score (nSPS) is 29.9. The second kappa shape index (κ2) is 5.88. The number of allylic oxidation sites excluding steroid dienone is 1. The van der Waals surface area contributed by atoms with E-state index in [9.17, 15) is 9.59 Å². The summed E-state index contributed by atoms with van der Waals surface area (Å²) in [4.78, 5) is 30.0. The molecule has 2 aliphatic carbocycles. The molecule has 2 unspecified atom stereocenters. The number of fused-ring (bicyclic) bond motifs is 1. The Morgan fingerprint density at radius 2 is 2.00 bits per heavy atom. The molecular formula is C19H27NO3. The molecule has 23 heavy (non-hydrogen) atoms. The van der Waals surface area contributed by atoms with Crippen molar-refractivity contribution >= 4 is 17.5 Å². The number of ether oxygens (including phenoxy) is 1. The van der Waals surface area contributed by atoms with Crippen molar-refractivity contribution in [1.29, 1.82) is 0 Å². The Hall–Kier alpha value is -1.45. The molecule has 2 atom stereocenters. The van der Waals surface area contributed by atoms with Crippen LogP contribution >= 0.6 is 0 Å². The van der Waals surface area contributed by atoms with Crippen molar-refractivity contribution in [3.63, 3.8) is 0 Å². The highest BCUT2D eigenvalue weighted by atomic mass is 16.5. The molecule has 4 nitrogen and oxygen atoms in total. The lowest BCUT2D eigenvalue weighted by atomic mass is 9.64. The molecule has 0 saturated heterocycles. The maximum atomic E-state index is 12.8. The number of esters is 1. The van der Waals surface area contributed by atoms with Gasteiger partial charge in [0.1, 0.15) is 5.78 Å². The third-order valence-corrected chi connectivity index (χ3v) is 5.27. The van der Waals surface area contributed by atoms with Gasteiger partial charge < -0.3 is 4.74 Å². The summed E-state index contributed by atoms with van der Waals surface area (Å²) in [6, 6.07) is 0. The van der Waals surface area contributed by atoms with Gasteiger partial charge in [0.2, 0.25) is 0 Å². The molecule has 126 valence electrons. The first kappa shape index (κ1) is 16.4. The molecule has 0 aromatic carbocycles. The van der Waals surface area contributed by atoms with Crippen LogP contribution in [0.3, 0.4) is 0 Å². The molecule has 0 N–H and O–H groups in total. The first-order valence-corrected chi connectivity index (χ1v) is 8.80. The molecule has 1 aliphatic heterocycles. The van der Waals surface area contributed by atoms with Crippen molar-refractivity contribution in [2.24, 2.45) is 28.2 Å². The standard InChI is InChI=1S/C19H27NO3/c1-5-23-18(22)16-11(2)20-14-9-19(3,4)10-15(21)17(14)13(16)8-12-6-7-12/h12-13,17H,5-10H2,1-4H3. The molecule has 0 aromatic rings. The number of aliphatic imine (C=N–C) groups is 1. The van der Waals surface area contributed by atoms with Gasteiger partial charge in [0, 0.05) is 23.7 Å². The maximum Gasteiger partial charge on any atom is 0.336 e. The summed E-state index contributed by atoms with van der Waals surface area (Å²) < 4.78 is 5.26. The summed E-state index contributed by atoms with van der Waals surface area (Å²) in [7, 11) is 0. The van der Waals surface area contributed by atoms with Gasteiger partial charge in [-0.2, -0.15) is 0 Å². The minimum Gasteiger partial charge on any atom is -0.463 e. The topological polar surface area (TPSA) is 55.7 Å². The number of rotatable bonds is 4. The summed E-state index contributed by atoms with van der Waals surface area (Å²) in [5.74, 6) is 0.389. The second-order valence-electron chi connectivity index (χ2n) is 8.07. The van der Waals surface area contributed by atoms with Crippen molar-refractivity contribution in [2.75, 3.05) is 6.61 Å². The molecule has 2 saturated carbocycles. The van der Waals surface area contributed by atoms with Crippen LogP contribution in [0.1, 0.15) is 59.8 Å². The van der Waals surface area contributed by atoms with Crippen LogP contribution in [0.15, 0.2) is 16.3 Å². The number of carbonyl (C=O) groups excluding carboxylic acids is 2. The Morgan fingerprint density at radius 1 is 1.30 bits per heavy atom. The molecular weight excluding hydrogens is 290 g/mol. The largest absolute Gasteiger partial charge is 0.463 e. The Bertz CT molecular complexity index is 596. The van der Waals surface area contributed by atoms with E-state index < -0.39 is 0 Å². The van der Waals surface area contributed by atoms with Gasteiger partial charge in [-0.05, 0) is 38.0 Å². The predicted molar refractivity (Wildman–Crippen MR) is 89.1 cm³/mol. The minimum absolute atomic E-state index is 0.0295. The summed E-state index contributed by atoms with van der Waals surface area (Å²) in [5, 5.41) is 0. The van der Waals surface area contributed by atoms with Crippen molar-refractivity contribution in [2.45, 2.75) is 59.8 Å². The van der Waals surface area contributed by atoms with E-state index in [1.807, 2.05) is 13.8 Å². The van der Waals surface area contributed by atoms with E-state index in [4.69, 9.17) is 4.74 Å². The van der Waals surface area contributed by atoms with Crippen LogP contribution in [0.25, 0.3) is 0 Å². The van der Waals surface area contributed by atoms with Gasteiger partial charge in [-0.25, -0.2) is 4.79 Å². The van der Waals surface area contributed by atoms with Crippen LogP contribution in [-0.2, 0) is 14.3 Å². The zero-order valence-electron chi connectivity index (χ0n) is 14.6. The molecule has 0 amide bonds. The Labute approximate surface area is 138 Å². The van der Waals surface area contributed by atoms with Crippen LogP contribution in [-0.4, -0.2) is 24.1 Å². The van der Waals surface area contributed by atoms with E-state index in [2.05, 4.69) is 18.8 Å². The van der Waals surface area contributed by atoms with Gasteiger partial charge in [0.15, 0.2) is 0 Å². The monoisotopic (exact) mass is 317 g/mol. The second-order valence-corrected chi connectivity index (χ2v) is 8.07. The fraction of sp³-hybridized carbons (Fsp3) is 0.737. The average molecular weight is 317 g/mol. The Morgan fingerprint density at radius 3 is 2.61 bits per heavy atom. The lowest BCUT2D eigenvalue weighted by molar-refractivity contribution is -0.139. The molecule has 0 spiro atoms. The molecule has 3 aliphatic rings. The van der Waals surface area contributed by atoms with Gasteiger partial charge in [-0.3, -0.25) is 9.79 Å². The quantitative estimate of drug-likeness (QED) is 0.743. The number of hydrogen-bond acceptors (Lipinski definition) is 4. The van der Waals surface area contributed by atoms with Crippen LogP contribution < -0.4 is 0 Å². The molecule has 3 rings (SSSR count). The number of hydrogen-bond donors (Lipinski definition) is 0. The molecule has 0 aromatic heterocycles. The van der Waals surface area contributed by atoms with Crippen molar-refractivity contribution in [3.8, 4) is 0 Å². The van der Waals surface area contributed by atoms with Crippen LogP contribution in [0.5, 0.6) is 0 Å². The maximum absolute atomic E-state index is 12.8. The van der Waals surface area contributed by atoms with Crippen LogP contribution in [0, 0.1) is 23.2 Å². The fourth-order valence-electron chi connectivity index (χ4n) is 4.18. The van der Waals surface area contributed by atoms with Crippen molar-refractivity contribution < 1.29 is 14.3 Å². The van der Waals surface area contributed by atoms with Crippen molar-refractivity contribution in [3.05, 3.63) is 11.3 Å². The Kier molecular flexibility index (Phi) is 4.19. The van der Waals surface area contributed by atoms with Crippen molar-refractivity contribution in [1.82, 2.24) is 0 Å². The first-order chi connectivity index (χ1) is 10.8. The lowest BCUT2D eigenvalue weighted by Gasteiger charge is -2.41. The average Bonchev–Trinajstić information content (AvgIpc) is 3.20.